The lowest BCUT2D eigenvalue weighted by Gasteiger charge is -2.10. The first kappa shape index (κ1) is 13.7. The van der Waals surface area contributed by atoms with Gasteiger partial charge >= 0.3 is 0 Å². The van der Waals surface area contributed by atoms with E-state index in [0.29, 0.717) is 0 Å². The van der Waals surface area contributed by atoms with Crippen LogP contribution in [0.3, 0.4) is 0 Å². The first-order valence-electron chi connectivity index (χ1n) is 6.34. The van der Waals surface area contributed by atoms with Gasteiger partial charge in [0.2, 0.25) is 0 Å². The zero-order valence-electron chi connectivity index (χ0n) is 11.3. The second kappa shape index (κ2) is 5.61. The van der Waals surface area contributed by atoms with Crippen LogP contribution in [0.5, 0.6) is 5.75 Å². The van der Waals surface area contributed by atoms with Crippen LogP contribution in [0.25, 0.3) is 16.9 Å². The van der Waals surface area contributed by atoms with Gasteiger partial charge in [0.25, 0.3) is 0 Å². The number of halogens is 1. The molecule has 21 heavy (non-hydrogen) atoms. The normalized spacial score (nSPS) is 10.6. The SMILES string of the molecule is COc1ccc(-c2cncn2-c2ccc(S)cc2)cc1F. The fourth-order valence-corrected chi connectivity index (χ4v) is 2.30. The molecule has 1 heterocycles. The second-order valence-corrected chi connectivity index (χ2v) is 5.03. The maximum atomic E-state index is 13.9. The van der Waals surface area contributed by atoms with Crippen molar-refractivity contribution >= 4 is 12.6 Å². The standard InChI is InChI=1S/C16H13FN2OS/c1-20-16-7-2-11(8-14(16)17)15-9-18-10-19(15)12-3-5-13(21)6-4-12/h2-10,21H,1H3. The molecule has 0 bridgehead atoms. The van der Waals surface area contributed by atoms with Gasteiger partial charge in [0.05, 0.1) is 25.3 Å². The molecule has 5 heteroatoms. The fraction of sp³-hybridized carbons (Fsp3) is 0.0625. The molecule has 0 unspecified atom stereocenters. The van der Waals surface area contributed by atoms with Crippen molar-refractivity contribution in [3.63, 3.8) is 0 Å². The van der Waals surface area contributed by atoms with Crippen molar-refractivity contribution in [3.8, 4) is 22.7 Å². The highest BCUT2D eigenvalue weighted by Gasteiger charge is 2.10. The van der Waals surface area contributed by atoms with Gasteiger partial charge in [0.1, 0.15) is 0 Å². The Morgan fingerprint density at radius 3 is 2.57 bits per heavy atom. The van der Waals surface area contributed by atoms with E-state index in [9.17, 15) is 4.39 Å². The first-order valence-corrected chi connectivity index (χ1v) is 6.79. The van der Waals surface area contributed by atoms with Crippen molar-refractivity contribution in [3.05, 3.63) is 60.8 Å². The van der Waals surface area contributed by atoms with Crippen LogP contribution in [-0.2, 0) is 0 Å². The fourth-order valence-electron chi connectivity index (χ4n) is 2.15. The Hall–Kier alpha value is -2.27. The van der Waals surface area contributed by atoms with Crippen LogP contribution < -0.4 is 4.74 Å². The number of thiol groups is 1. The van der Waals surface area contributed by atoms with Crippen LogP contribution in [0.15, 0.2) is 59.9 Å². The highest BCUT2D eigenvalue weighted by Crippen LogP contribution is 2.27. The molecule has 0 spiro atoms. The van der Waals surface area contributed by atoms with Crippen molar-refractivity contribution in [2.45, 2.75) is 4.90 Å². The lowest BCUT2D eigenvalue weighted by molar-refractivity contribution is 0.386. The molecule has 106 valence electrons. The Labute approximate surface area is 127 Å². The van der Waals surface area contributed by atoms with E-state index in [0.717, 1.165) is 21.8 Å². The minimum Gasteiger partial charge on any atom is -0.494 e. The highest BCUT2D eigenvalue weighted by atomic mass is 32.1. The van der Waals surface area contributed by atoms with Crippen molar-refractivity contribution < 1.29 is 9.13 Å². The molecule has 0 atom stereocenters. The maximum absolute atomic E-state index is 13.9. The molecule has 0 aliphatic carbocycles. The van der Waals surface area contributed by atoms with Crippen LogP contribution in [-0.4, -0.2) is 16.7 Å². The number of rotatable bonds is 3. The molecular weight excluding hydrogens is 287 g/mol. The maximum Gasteiger partial charge on any atom is 0.165 e. The summed E-state index contributed by atoms with van der Waals surface area (Å²) >= 11 is 4.27. The van der Waals surface area contributed by atoms with Gasteiger partial charge in [-0.1, -0.05) is 0 Å². The number of imidazole rings is 1. The minimum atomic E-state index is -0.395. The van der Waals surface area contributed by atoms with Crippen LogP contribution in [0.4, 0.5) is 4.39 Å². The minimum absolute atomic E-state index is 0.226. The van der Waals surface area contributed by atoms with Gasteiger partial charge in [-0.3, -0.25) is 4.57 Å². The van der Waals surface area contributed by atoms with Crippen molar-refractivity contribution in [2.75, 3.05) is 7.11 Å². The van der Waals surface area contributed by atoms with Crippen LogP contribution in [0, 0.1) is 5.82 Å². The molecule has 0 radical (unpaired) electrons. The lowest BCUT2D eigenvalue weighted by Crippen LogP contribution is -1.96. The smallest absolute Gasteiger partial charge is 0.165 e. The Kier molecular flexibility index (Phi) is 3.66. The molecule has 3 aromatic rings. The highest BCUT2D eigenvalue weighted by molar-refractivity contribution is 7.80. The molecular formula is C16H13FN2OS. The Morgan fingerprint density at radius 1 is 1.14 bits per heavy atom. The van der Waals surface area contributed by atoms with E-state index in [1.165, 1.54) is 13.2 Å². The van der Waals surface area contributed by atoms with E-state index >= 15 is 0 Å². The number of methoxy groups -OCH3 is 1. The molecule has 3 rings (SSSR count). The van der Waals surface area contributed by atoms with E-state index in [1.54, 1.807) is 18.6 Å². The zero-order valence-corrected chi connectivity index (χ0v) is 12.2. The molecule has 0 N–H and O–H groups in total. The third-order valence-electron chi connectivity index (χ3n) is 3.21. The summed E-state index contributed by atoms with van der Waals surface area (Å²) in [5, 5.41) is 0. The zero-order chi connectivity index (χ0) is 14.8. The average molecular weight is 300 g/mol. The molecule has 1 aromatic heterocycles. The Balaban J connectivity index is 2.06. The van der Waals surface area contributed by atoms with Crippen molar-refractivity contribution in [1.82, 2.24) is 9.55 Å². The monoisotopic (exact) mass is 300 g/mol. The topological polar surface area (TPSA) is 27.1 Å². The van der Waals surface area contributed by atoms with E-state index in [2.05, 4.69) is 17.6 Å². The van der Waals surface area contributed by atoms with Gasteiger partial charge in [0, 0.05) is 16.1 Å². The number of hydrogen-bond donors (Lipinski definition) is 1. The number of nitrogens with zero attached hydrogens (tertiary/aromatic N) is 2. The number of hydrogen-bond acceptors (Lipinski definition) is 3. The van der Waals surface area contributed by atoms with Gasteiger partial charge < -0.3 is 4.74 Å². The molecule has 0 saturated heterocycles. The summed E-state index contributed by atoms with van der Waals surface area (Å²) in [6, 6.07) is 12.5. The summed E-state index contributed by atoms with van der Waals surface area (Å²) < 4.78 is 20.7. The summed E-state index contributed by atoms with van der Waals surface area (Å²) in [5.41, 5.74) is 2.49. The quantitative estimate of drug-likeness (QED) is 0.741. The summed E-state index contributed by atoms with van der Waals surface area (Å²) in [6.45, 7) is 0. The molecule has 2 aromatic carbocycles. The van der Waals surface area contributed by atoms with E-state index in [1.807, 2.05) is 34.9 Å². The molecule has 0 amide bonds. The summed E-state index contributed by atoms with van der Waals surface area (Å²) in [7, 11) is 1.45. The number of aromatic nitrogens is 2. The average Bonchev–Trinajstić information content (AvgIpc) is 2.97. The molecule has 0 saturated carbocycles. The van der Waals surface area contributed by atoms with Gasteiger partial charge in [0.15, 0.2) is 11.6 Å². The van der Waals surface area contributed by atoms with E-state index in [-0.39, 0.29) is 5.75 Å². The van der Waals surface area contributed by atoms with Gasteiger partial charge in [-0.25, -0.2) is 9.37 Å². The van der Waals surface area contributed by atoms with Gasteiger partial charge in [-0.15, -0.1) is 12.6 Å². The molecule has 0 aliphatic rings. The number of benzene rings is 2. The van der Waals surface area contributed by atoms with Crippen molar-refractivity contribution in [2.24, 2.45) is 0 Å². The molecule has 0 fully saturated rings. The van der Waals surface area contributed by atoms with Crippen LogP contribution >= 0.6 is 12.6 Å². The third kappa shape index (κ3) is 2.64. The third-order valence-corrected chi connectivity index (χ3v) is 3.51. The largest absolute Gasteiger partial charge is 0.494 e. The predicted molar refractivity (Wildman–Crippen MR) is 82.8 cm³/mol. The Morgan fingerprint density at radius 2 is 1.90 bits per heavy atom. The van der Waals surface area contributed by atoms with Crippen LogP contribution in [0.1, 0.15) is 0 Å². The summed E-state index contributed by atoms with van der Waals surface area (Å²) in [6.07, 6.45) is 3.40. The summed E-state index contributed by atoms with van der Waals surface area (Å²) in [5.74, 6) is -0.169. The van der Waals surface area contributed by atoms with Crippen molar-refractivity contribution in [1.29, 1.82) is 0 Å². The Bertz CT molecular complexity index is 768. The second-order valence-electron chi connectivity index (χ2n) is 4.51. The van der Waals surface area contributed by atoms with Gasteiger partial charge in [-0.05, 0) is 42.5 Å². The van der Waals surface area contributed by atoms with Crippen LogP contribution in [0.2, 0.25) is 0 Å². The predicted octanol–water partition coefficient (Wildman–Crippen LogP) is 3.98. The van der Waals surface area contributed by atoms with Gasteiger partial charge in [-0.2, -0.15) is 0 Å². The lowest BCUT2D eigenvalue weighted by atomic mass is 10.1. The molecule has 3 nitrogen and oxygen atoms in total. The number of ether oxygens (including phenoxy) is 1. The molecule has 0 aliphatic heterocycles. The van der Waals surface area contributed by atoms with E-state index in [4.69, 9.17) is 4.74 Å². The first-order chi connectivity index (χ1) is 10.2. The summed E-state index contributed by atoms with van der Waals surface area (Å²) in [4.78, 5) is 5.04. The van der Waals surface area contributed by atoms with E-state index < -0.39 is 5.82 Å².